The van der Waals surface area contributed by atoms with E-state index in [9.17, 15) is 0 Å². The van der Waals surface area contributed by atoms with Gasteiger partial charge in [0.25, 0.3) is 0 Å². The second kappa shape index (κ2) is 16.6. The molecular weight excluding hydrogens is 851 g/mol. The zero-order chi connectivity index (χ0) is 37.2. The van der Waals surface area contributed by atoms with Gasteiger partial charge in [-0.25, -0.2) is 30.1 Å². The van der Waals surface area contributed by atoms with E-state index < -0.39 is 11.4 Å². The van der Waals surface area contributed by atoms with Gasteiger partial charge in [-0.15, -0.1) is 0 Å². The molecule has 0 saturated carbocycles. The third kappa shape index (κ3) is 8.22. The lowest BCUT2D eigenvalue weighted by Gasteiger charge is -2.08. The van der Waals surface area contributed by atoms with Gasteiger partial charge in [0.15, 0.2) is 5.82 Å². The van der Waals surface area contributed by atoms with Crippen molar-refractivity contribution in [3.8, 4) is 55.9 Å². The van der Waals surface area contributed by atoms with Crippen LogP contribution in [0.2, 0.25) is 26.4 Å². The zero-order valence-corrected chi connectivity index (χ0v) is 34.0. The maximum Gasteiger partial charge on any atom is 0.643 e. The van der Waals surface area contributed by atoms with Crippen LogP contribution in [0.4, 0.5) is 0 Å². The standard InChI is InChI=1S/C19H9Cl2N3.C16H10.C3Cl3N3.Al.3ClH/c20-18-22-17(23-19(21)24-18)15-9-8-14-11-5-2-1-4-10(11)12-6-3-7-13(15)16(12)14;1-2-8-13-12(7-1)14-9-3-5-11-6-4-10-15(13)16(11)14;4-1-7-2(5)9-3(6)8-1;;;;/h1-9H;1-10H;;;3*1H/q;;;+3;;;/p-3. The molecule has 6 nitrogen and oxygen atoms in total. The first kappa shape index (κ1) is 38.0. The Balaban J connectivity index is 0.000000129. The number of nitrogens with zero attached hydrogens (tertiary/aromatic N) is 6. The van der Waals surface area contributed by atoms with Gasteiger partial charge in [0.2, 0.25) is 26.4 Å². The number of benzene rings is 6. The normalized spacial score (nSPS) is 11.0. The van der Waals surface area contributed by atoms with Crippen LogP contribution in [0.3, 0.4) is 0 Å². The summed E-state index contributed by atoms with van der Waals surface area (Å²) in [5.41, 5.74) is 11.4. The highest BCUT2D eigenvalue weighted by atomic mass is 35.8. The van der Waals surface area contributed by atoms with Crippen LogP contribution in [0, 0.1) is 0 Å². The SMILES string of the molecule is Clc1nc(Cl)nc(-c2ccc3c4c(cccc24)-c2ccccc2-3)n1.Clc1nc(Cl)nc(Cl)n1.[Cl][Al]([Cl])[Cl].c1ccc2c(c1)-c1cccc3cccc-2c13. The van der Waals surface area contributed by atoms with E-state index >= 15 is 0 Å². The Morgan fingerprint density at radius 2 is 0.642 bits per heavy atom. The lowest BCUT2D eigenvalue weighted by molar-refractivity contribution is 1.05. The average Bonchev–Trinajstić information content (AvgIpc) is 3.63. The largest absolute Gasteiger partial charge is 0.643 e. The number of hydrogen-bond acceptors (Lipinski definition) is 6. The summed E-state index contributed by atoms with van der Waals surface area (Å²) in [4.78, 5) is 22.7. The number of hydrogen-bond donors (Lipinski definition) is 0. The Hall–Kier alpha value is -3.29. The topological polar surface area (TPSA) is 77.3 Å². The molecule has 0 fully saturated rings. The van der Waals surface area contributed by atoms with E-state index in [-0.39, 0.29) is 26.4 Å². The van der Waals surface area contributed by atoms with E-state index in [0.29, 0.717) is 5.82 Å². The minimum Gasteiger partial charge on any atom is -0.214 e. The van der Waals surface area contributed by atoms with E-state index in [1.165, 1.54) is 60.7 Å². The fourth-order valence-electron chi connectivity index (χ4n) is 6.50. The summed E-state index contributed by atoms with van der Waals surface area (Å²) in [6.45, 7) is 0. The maximum absolute atomic E-state index is 5.95. The monoisotopic (exact) mass is 866 g/mol. The minimum absolute atomic E-state index is 0.000000000000000444. The number of fused-ring (bicyclic) bond motifs is 6. The van der Waals surface area contributed by atoms with Gasteiger partial charge >= 0.3 is 11.4 Å². The Morgan fingerprint density at radius 3 is 1.08 bits per heavy atom. The third-order valence-corrected chi connectivity index (χ3v) is 9.18. The molecule has 2 aromatic heterocycles. The molecule has 260 valence electrons. The average molecular weight is 870 g/mol. The summed E-state index contributed by atoms with van der Waals surface area (Å²) in [5.74, 6) is 0.486. The Morgan fingerprint density at radius 1 is 0.321 bits per heavy atom. The van der Waals surface area contributed by atoms with Crippen LogP contribution in [-0.4, -0.2) is 41.3 Å². The fraction of sp³-hybridized carbons (Fsp3) is 0. The van der Waals surface area contributed by atoms with Gasteiger partial charge in [0.1, 0.15) is 0 Å². The van der Waals surface area contributed by atoms with Gasteiger partial charge < -0.3 is 0 Å². The summed E-state index contributed by atoms with van der Waals surface area (Å²) >= 11 is 26.1. The third-order valence-electron chi connectivity index (χ3n) is 8.34. The van der Waals surface area contributed by atoms with Crippen molar-refractivity contribution < 1.29 is 0 Å². The summed E-state index contributed by atoms with van der Waals surface area (Å²) in [6, 6.07) is 40.6. The zero-order valence-electron chi connectivity index (χ0n) is 26.8. The first-order valence-electron chi connectivity index (χ1n) is 15.6. The first-order valence-corrected chi connectivity index (χ1v) is 22.7. The molecule has 0 aliphatic heterocycles. The fourth-order valence-corrected chi connectivity index (χ4v) is 7.47. The van der Waals surface area contributed by atoms with E-state index in [0.717, 1.165) is 10.9 Å². The van der Waals surface area contributed by atoms with Crippen LogP contribution in [0.25, 0.3) is 77.4 Å². The molecule has 10 rings (SSSR count). The molecule has 0 atom stereocenters. The number of rotatable bonds is 1. The Kier molecular flexibility index (Phi) is 11.9. The molecule has 2 aliphatic carbocycles. The second-order valence-corrected chi connectivity index (χ2v) is 19.4. The summed E-state index contributed by atoms with van der Waals surface area (Å²) in [6.07, 6.45) is 0. The van der Waals surface area contributed by atoms with Crippen molar-refractivity contribution in [1.82, 2.24) is 29.9 Å². The van der Waals surface area contributed by atoms with E-state index in [1.54, 1.807) is 0 Å². The predicted octanol–water partition coefficient (Wildman–Crippen LogP) is 13.7. The van der Waals surface area contributed by atoms with Crippen LogP contribution < -0.4 is 0 Å². The van der Waals surface area contributed by atoms with Crippen LogP contribution in [0.15, 0.2) is 115 Å². The smallest absolute Gasteiger partial charge is 0.214 e. The Labute approximate surface area is 345 Å². The Bertz CT molecular complexity index is 2500. The van der Waals surface area contributed by atoms with Crippen molar-refractivity contribution in [1.29, 1.82) is 0 Å². The van der Waals surface area contributed by atoms with Gasteiger partial charge in [-0.1, -0.05) is 109 Å². The van der Waals surface area contributed by atoms with Crippen LogP contribution in [-0.2, 0) is 0 Å². The van der Waals surface area contributed by atoms with Gasteiger partial charge in [0.05, 0.1) is 0 Å². The van der Waals surface area contributed by atoms with Gasteiger partial charge in [0, 0.05) is 5.56 Å². The first-order chi connectivity index (χ1) is 25.6. The van der Waals surface area contributed by atoms with E-state index in [1.807, 2.05) is 6.07 Å². The summed E-state index contributed by atoms with van der Waals surface area (Å²) < 4.78 is 0. The predicted molar refractivity (Wildman–Crippen MR) is 224 cm³/mol. The van der Waals surface area contributed by atoms with E-state index in [2.05, 4.69) is 139 Å². The van der Waals surface area contributed by atoms with Crippen molar-refractivity contribution in [2.24, 2.45) is 0 Å². The number of halogens is 8. The molecule has 0 bridgehead atoms. The molecule has 0 N–H and O–H groups in total. The van der Waals surface area contributed by atoms with Crippen molar-refractivity contribution in [3.05, 3.63) is 142 Å². The summed E-state index contributed by atoms with van der Waals surface area (Å²) in [7, 11) is 14.8. The molecule has 0 unspecified atom stereocenters. The highest BCUT2D eigenvalue weighted by Gasteiger charge is 2.23. The van der Waals surface area contributed by atoms with Crippen molar-refractivity contribution in [2.45, 2.75) is 0 Å². The molecule has 0 radical (unpaired) electrons. The molecule has 53 heavy (non-hydrogen) atoms. The van der Waals surface area contributed by atoms with Gasteiger partial charge in [-0.2, -0.15) is 29.9 Å². The molecule has 8 aromatic rings. The van der Waals surface area contributed by atoms with Crippen LogP contribution >= 0.6 is 88.2 Å². The highest BCUT2D eigenvalue weighted by molar-refractivity contribution is 7.54. The second-order valence-electron chi connectivity index (χ2n) is 11.3. The van der Waals surface area contributed by atoms with E-state index in [4.69, 9.17) is 88.2 Å². The minimum atomic E-state index is -1.72. The number of aromatic nitrogens is 6. The summed E-state index contributed by atoms with van der Waals surface area (Å²) in [5, 5.41) is 5.23. The molecule has 0 amide bonds. The van der Waals surface area contributed by atoms with Crippen molar-refractivity contribution in [2.75, 3.05) is 0 Å². The molecule has 15 heteroatoms. The van der Waals surface area contributed by atoms with Crippen LogP contribution in [0.1, 0.15) is 0 Å². The molecule has 0 spiro atoms. The lowest BCUT2D eigenvalue weighted by Crippen LogP contribution is -1.94. The molecular formula is C38H19AlCl8N6. The van der Waals surface area contributed by atoms with Crippen LogP contribution in [0.5, 0.6) is 0 Å². The maximum atomic E-state index is 5.95. The van der Waals surface area contributed by atoms with Gasteiger partial charge in [-0.3, -0.25) is 0 Å². The van der Waals surface area contributed by atoms with Crippen molar-refractivity contribution >= 4 is 121 Å². The van der Waals surface area contributed by atoms with Crippen molar-refractivity contribution in [3.63, 3.8) is 0 Å². The lowest BCUT2D eigenvalue weighted by atomic mass is 9.98. The highest BCUT2D eigenvalue weighted by Crippen LogP contribution is 2.49. The molecule has 2 heterocycles. The molecule has 0 saturated heterocycles. The van der Waals surface area contributed by atoms with Gasteiger partial charge in [-0.05, 0) is 130 Å². The molecule has 2 aliphatic rings. The quantitative estimate of drug-likeness (QED) is 0.153. The molecule has 6 aromatic carbocycles.